The van der Waals surface area contributed by atoms with E-state index in [0.29, 0.717) is 11.5 Å². The summed E-state index contributed by atoms with van der Waals surface area (Å²) in [5, 5.41) is 2.55. The molecule has 10 nitrogen and oxygen atoms in total. The van der Waals surface area contributed by atoms with Crippen molar-refractivity contribution in [3.63, 3.8) is 0 Å². The predicted molar refractivity (Wildman–Crippen MR) is 110 cm³/mol. The molecule has 0 saturated carbocycles. The number of amides is 2. The van der Waals surface area contributed by atoms with E-state index in [1.807, 2.05) is 0 Å². The number of nitrogens with two attached hydrogens (primary N) is 1. The largest absolute Gasteiger partial charge is 0.454 e. The number of hydrogen-bond donors (Lipinski definition) is 2. The van der Waals surface area contributed by atoms with Crippen molar-refractivity contribution in [2.45, 2.75) is 11.1 Å². The van der Waals surface area contributed by atoms with Crippen LogP contribution in [0.5, 0.6) is 11.5 Å². The Bertz CT molecular complexity index is 1140. The van der Waals surface area contributed by atoms with E-state index in [9.17, 15) is 22.4 Å². The molecule has 1 atom stereocenters. The van der Waals surface area contributed by atoms with Crippen LogP contribution in [0.3, 0.4) is 0 Å². The Morgan fingerprint density at radius 1 is 1.09 bits per heavy atom. The fourth-order valence-electron chi connectivity index (χ4n) is 3.57. The number of ether oxygens (including phenoxy) is 2. The maximum absolute atomic E-state index is 13.3. The van der Waals surface area contributed by atoms with Gasteiger partial charge in [0, 0.05) is 31.7 Å². The molecule has 0 bridgehead atoms. The van der Waals surface area contributed by atoms with Gasteiger partial charge in [-0.2, -0.15) is 4.31 Å². The van der Waals surface area contributed by atoms with Crippen LogP contribution in [-0.4, -0.2) is 68.6 Å². The Balaban J connectivity index is 1.67. The number of rotatable bonds is 6. The Kier molecular flexibility index (Phi) is 6.00. The average molecular weight is 464 g/mol. The van der Waals surface area contributed by atoms with E-state index in [2.05, 4.69) is 5.32 Å². The Hall–Kier alpha value is -3.22. The summed E-state index contributed by atoms with van der Waals surface area (Å²) in [6.07, 6.45) is -1.44. The number of nitrogens with one attached hydrogen (secondary N) is 1. The van der Waals surface area contributed by atoms with Crippen molar-refractivity contribution >= 4 is 21.8 Å². The molecule has 2 amide bonds. The van der Waals surface area contributed by atoms with Gasteiger partial charge in [0.1, 0.15) is 5.82 Å². The molecule has 3 N–H and O–H groups in total. The molecule has 0 radical (unpaired) electrons. The van der Waals surface area contributed by atoms with Gasteiger partial charge in [-0.15, -0.1) is 0 Å². The first kappa shape index (κ1) is 22.0. The van der Waals surface area contributed by atoms with Gasteiger partial charge < -0.3 is 25.4 Å². The van der Waals surface area contributed by atoms with E-state index in [0.717, 1.165) is 28.6 Å². The third-order valence-corrected chi connectivity index (χ3v) is 6.98. The highest BCUT2D eigenvalue weighted by Gasteiger charge is 2.46. The highest BCUT2D eigenvalue weighted by atomic mass is 32.2. The van der Waals surface area contributed by atoms with Crippen LogP contribution in [0.15, 0.2) is 47.4 Å². The third kappa shape index (κ3) is 3.99. The fourth-order valence-corrected chi connectivity index (χ4v) is 5.11. The van der Waals surface area contributed by atoms with Crippen LogP contribution in [-0.2, 0) is 14.8 Å². The van der Waals surface area contributed by atoms with Crippen molar-refractivity contribution < 1.29 is 31.9 Å². The minimum Gasteiger partial charge on any atom is -0.454 e. The molecule has 2 aliphatic heterocycles. The molecule has 2 aromatic rings. The quantitative estimate of drug-likeness (QED) is 0.620. The zero-order valence-corrected chi connectivity index (χ0v) is 17.7. The van der Waals surface area contributed by atoms with Crippen LogP contribution in [0.4, 0.5) is 4.39 Å². The third-order valence-electron chi connectivity index (χ3n) is 5.11. The zero-order chi connectivity index (χ0) is 22.9. The van der Waals surface area contributed by atoms with Gasteiger partial charge in [-0.05, 0) is 42.5 Å². The summed E-state index contributed by atoms with van der Waals surface area (Å²) < 4.78 is 51.2. The summed E-state index contributed by atoms with van der Waals surface area (Å²) in [5.41, 5.74) is 5.67. The van der Waals surface area contributed by atoms with Gasteiger partial charge in [0.2, 0.25) is 16.8 Å². The average Bonchev–Trinajstić information content (AvgIpc) is 3.44. The van der Waals surface area contributed by atoms with E-state index in [1.165, 1.54) is 17.0 Å². The molecule has 0 aromatic heterocycles. The molecule has 0 spiro atoms. The molecule has 170 valence electrons. The summed E-state index contributed by atoms with van der Waals surface area (Å²) >= 11 is 0. The number of nitrogens with zero attached hydrogens (tertiary/aromatic N) is 2. The summed E-state index contributed by atoms with van der Waals surface area (Å²) in [7, 11) is -4.20. The highest BCUT2D eigenvalue weighted by Crippen LogP contribution is 2.34. The highest BCUT2D eigenvalue weighted by molar-refractivity contribution is 7.89. The van der Waals surface area contributed by atoms with E-state index < -0.39 is 33.8 Å². The zero-order valence-electron chi connectivity index (χ0n) is 16.9. The first-order valence-corrected chi connectivity index (χ1v) is 11.2. The number of hydrogen-bond acceptors (Lipinski definition) is 7. The predicted octanol–water partition coefficient (Wildman–Crippen LogP) is 0.102. The second-order valence-corrected chi connectivity index (χ2v) is 8.98. The molecule has 32 heavy (non-hydrogen) atoms. The normalized spacial score (nSPS) is 18.1. The monoisotopic (exact) mass is 464 g/mol. The lowest BCUT2D eigenvalue weighted by molar-refractivity contribution is -0.127. The number of sulfonamides is 1. The number of benzene rings is 2. The number of carbonyl (C=O) groups excluding carboxylic acids is 2. The minimum atomic E-state index is -4.20. The molecule has 0 aliphatic carbocycles. The van der Waals surface area contributed by atoms with Crippen LogP contribution in [0.1, 0.15) is 10.4 Å². The Morgan fingerprint density at radius 2 is 1.81 bits per heavy atom. The second kappa shape index (κ2) is 8.73. The van der Waals surface area contributed by atoms with Crippen LogP contribution in [0.25, 0.3) is 0 Å². The van der Waals surface area contributed by atoms with E-state index in [4.69, 9.17) is 15.2 Å². The first-order valence-electron chi connectivity index (χ1n) is 9.79. The van der Waals surface area contributed by atoms with Crippen LogP contribution in [0, 0.1) is 5.82 Å². The van der Waals surface area contributed by atoms with Gasteiger partial charge in [0.25, 0.3) is 11.8 Å². The van der Waals surface area contributed by atoms with E-state index >= 15 is 0 Å². The summed E-state index contributed by atoms with van der Waals surface area (Å²) in [5.74, 6) is -0.960. The van der Waals surface area contributed by atoms with Crippen molar-refractivity contribution in [3.8, 4) is 11.5 Å². The van der Waals surface area contributed by atoms with Gasteiger partial charge in [-0.25, -0.2) is 12.8 Å². The smallest absolute Gasteiger partial charge is 0.259 e. The van der Waals surface area contributed by atoms with Gasteiger partial charge >= 0.3 is 0 Å². The molecule has 4 rings (SSSR count). The standard InChI is InChI=1S/C20H21FN4O6S/c21-14-2-4-15(5-3-14)32(28,29)25-10-9-24(19(25)18(26)23-8-7-22)20(27)13-1-6-16-17(11-13)31-12-30-16/h1-6,11,19H,7-10,12,22H2,(H,23,26). The molecule has 2 aromatic carbocycles. The summed E-state index contributed by atoms with van der Waals surface area (Å²) in [6, 6.07) is 8.83. The van der Waals surface area contributed by atoms with Crippen LogP contribution >= 0.6 is 0 Å². The van der Waals surface area contributed by atoms with Crippen LogP contribution in [0.2, 0.25) is 0 Å². The Morgan fingerprint density at radius 3 is 2.53 bits per heavy atom. The summed E-state index contributed by atoms with van der Waals surface area (Å²) in [4.78, 5) is 27.1. The molecule has 1 fully saturated rings. The molecule has 1 unspecified atom stereocenters. The minimum absolute atomic E-state index is 0.0194. The lowest BCUT2D eigenvalue weighted by Crippen LogP contribution is -2.54. The molecule has 12 heteroatoms. The number of fused-ring (bicyclic) bond motifs is 1. The maximum Gasteiger partial charge on any atom is 0.259 e. The van der Waals surface area contributed by atoms with E-state index in [-0.39, 0.29) is 43.4 Å². The first-order chi connectivity index (χ1) is 15.3. The van der Waals surface area contributed by atoms with Crippen molar-refractivity contribution in [2.24, 2.45) is 5.73 Å². The number of halogens is 1. The number of carbonyl (C=O) groups is 2. The molecular formula is C20H21FN4O6S. The topological polar surface area (TPSA) is 131 Å². The molecule has 2 aliphatic rings. The van der Waals surface area contributed by atoms with Gasteiger partial charge in [-0.3, -0.25) is 9.59 Å². The fraction of sp³-hybridized carbons (Fsp3) is 0.300. The van der Waals surface area contributed by atoms with Crippen LogP contribution < -0.4 is 20.5 Å². The lowest BCUT2D eigenvalue weighted by Gasteiger charge is -2.28. The van der Waals surface area contributed by atoms with Gasteiger partial charge in [0.05, 0.1) is 4.90 Å². The molecule has 2 heterocycles. The van der Waals surface area contributed by atoms with Gasteiger partial charge in [0.15, 0.2) is 17.7 Å². The van der Waals surface area contributed by atoms with Crippen molar-refractivity contribution in [1.82, 2.24) is 14.5 Å². The van der Waals surface area contributed by atoms with Gasteiger partial charge in [-0.1, -0.05) is 0 Å². The maximum atomic E-state index is 13.3. The van der Waals surface area contributed by atoms with Crippen molar-refractivity contribution in [1.29, 1.82) is 0 Å². The van der Waals surface area contributed by atoms with Crippen molar-refractivity contribution in [2.75, 3.05) is 33.0 Å². The summed E-state index contributed by atoms with van der Waals surface area (Å²) in [6.45, 7) is 0.140. The second-order valence-electron chi connectivity index (χ2n) is 7.09. The van der Waals surface area contributed by atoms with Crippen molar-refractivity contribution in [3.05, 3.63) is 53.8 Å². The Labute approximate surface area is 183 Å². The molecule has 1 saturated heterocycles. The SMILES string of the molecule is NCCNC(=O)C1N(C(=O)c2ccc3c(c2)OCO3)CCN1S(=O)(=O)c1ccc(F)cc1. The lowest BCUT2D eigenvalue weighted by atomic mass is 10.1. The van der Waals surface area contributed by atoms with E-state index in [1.54, 1.807) is 6.07 Å². The molecular weight excluding hydrogens is 443 g/mol.